The number of aromatic nitrogens is 1. The number of nitrogens with two attached hydrogens (primary N) is 1. The molecule has 2 N–H and O–H groups in total. The predicted molar refractivity (Wildman–Crippen MR) is 65.7 cm³/mol. The maximum atomic E-state index is 5.91. The molecule has 2 aromatic rings. The average Bonchev–Trinajstić information content (AvgIpc) is 2.04. The third-order valence-corrected chi connectivity index (χ3v) is 1.99. The molecule has 0 aliphatic rings. The van der Waals surface area contributed by atoms with E-state index >= 15 is 0 Å². The first-order valence-electron chi connectivity index (χ1n) is 3.57. The number of hydrogen-bond donors (Lipinski definition) is 1. The minimum Gasteiger partial charge on any atom is -0.397 e. The molecule has 76 valence electrons. The van der Waals surface area contributed by atoms with Crippen molar-refractivity contribution in [2.45, 2.75) is 0 Å². The lowest BCUT2D eigenvalue weighted by Gasteiger charge is -1.99. The number of halogens is 3. The summed E-state index contributed by atoms with van der Waals surface area (Å²) in [6, 6.07) is 7.48. The van der Waals surface area contributed by atoms with Gasteiger partial charge in [0.1, 0.15) is 0 Å². The van der Waals surface area contributed by atoms with Gasteiger partial charge in [-0.2, -0.15) is 0 Å². The second-order valence-electron chi connectivity index (χ2n) is 2.58. The summed E-state index contributed by atoms with van der Waals surface area (Å²) in [6.07, 6.45) is 1.61. The van der Waals surface area contributed by atoms with E-state index in [1.807, 2.05) is 24.3 Å². The molecule has 0 saturated heterocycles. The van der Waals surface area contributed by atoms with Crippen LogP contribution < -0.4 is 5.73 Å². The number of para-hydroxylation sites is 1. The van der Waals surface area contributed by atoms with E-state index in [0.29, 0.717) is 10.7 Å². The summed E-state index contributed by atoms with van der Waals surface area (Å²) < 4.78 is 0. The van der Waals surface area contributed by atoms with Crippen LogP contribution in [-0.4, -0.2) is 4.98 Å². The zero-order chi connectivity index (χ0) is 8.55. The summed E-state index contributed by atoms with van der Waals surface area (Å²) in [5, 5.41) is 1.63. The molecule has 5 heteroatoms. The van der Waals surface area contributed by atoms with Crippen LogP contribution in [0, 0.1) is 0 Å². The summed E-state index contributed by atoms with van der Waals surface area (Å²) >= 11 is 5.91. The van der Waals surface area contributed by atoms with E-state index in [4.69, 9.17) is 17.3 Å². The molecule has 0 saturated carbocycles. The molecule has 0 spiro atoms. The van der Waals surface area contributed by atoms with Crippen molar-refractivity contribution in [3.05, 3.63) is 35.5 Å². The molecule has 1 aromatic heterocycles. The van der Waals surface area contributed by atoms with Gasteiger partial charge >= 0.3 is 0 Å². The maximum absolute atomic E-state index is 5.91. The second-order valence-corrected chi connectivity index (χ2v) is 2.99. The van der Waals surface area contributed by atoms with Gasteiger partial charge in [0.25, 0.3) is 0 Å². The van der Waals surface area contributed by atoms with Gasteiger partial charge in [-0.15, -0.1) is 24.8 Å². The van der Waals surface area contributed by atoms with Gasteiger partial charge in [-0.1, -0.05) is 23.7 Å². The quantitative estimate of drug-likeness (QED) is 0.780. The van der Waals surface area contributed by atoms with Crippen molar-refractivity contribution < 1.29 is 0 Å². The Morgan fingerprint density at radius 3 is 2.64 bits per heavy atom. The van der Waals surface area contributed by atoms with E-state index < -0.39 is 0 Å². The summed E-state index contributed by atoms with van der Waals surface area (Å²) in [4.78, 5) is 4.12. The maximum Gasteiger partial charge on any atom is 0.0889 e. The number of nitrogens with zero attached hydrogens (tertiary/aromatic N) is 1. The highest BCUT2D eigenvalue weighted by Crippen LogP contribution is 2.21. The van der Waals surface area contributed by atoms with Crippen LogP contribution in [0.15, 0.2) is 30.5 Å². The van der Waals surface area contributed by atoms with E-state index in [0.717, 1.165) is 10.9 Å². The third kappa shape index (κ3) is 2.41. The van der Waals surface area contributed by atoms with Crippen LogP contribution in [0.4, 0.5) is 5.69 Å². The molecule has 0 atom stereocenters. The van der Waals surface area contributed by atoms with Crippen molar-refractivity contribution in [2.75, 3.05) is 5.73 Å². The standard InChI is InChI=1S/C9H7ClN2.2ClH/c10-8-3-1-2-6-4-7(11)5-12-9(6)8;;/h1-5H,11H2;2*1H. The molecule has 2 rings (SSSR count). The van der Waals surface area contributed by atoms with Crippen LogP contribution in [0.1, 0.15) is 0 Å². The molecule has 1 heterocycles. The number of benzene rings is 1. The topological polar surface area (TPSA) is 38.9 Å². The van der Waals surface area contributed by atoms with Crippen molar-refractivity contribution in [1.29, 1.82) is 0 Å². The first-order valence-corrected chi connectivity index (χ1v) is 3.95. The Balaban J connectivity index is 0.000000845. The number of fused-ring (bicyclic) bond motifs is 1. The Morgan fingerprint density at radius 1 is 1.21 bits per heavy atom. The lowest BCUT2D eigenvalue weighted by molar-refractivity contribution is 1.41. The van der Waals surface area contributed by atoms with Crippen molar-refractivity contribution in [1.82, 2.24) is 4.98 Å². The molecule has 0 radical (unpaired) electrons. The van der Waals surface area contributed by atoms with E-state index in [2.05, 4.69) is 4.98 Å². The van der Waals surface area contributed by atoms with E-state index in [9.17, 15) is 0 Å². The first kappa shape index (κ1) is 13.3. The van der Waals surface area contributed by atoms with Crippen LogP contribution in [0.25, 0.3) is 10.9 Å². The smallest absolute Gasteiger partial charge is 0.0889 e. The average molecular weight is 252 g/mol. The van der Waals surface area contributed by atoms with Crippen LogP contribution in [0.5, 0.6) is 0 Å². The van der Waals surface area contributed by atoms with Gasteiger partial charge in [0.15, 0.2) is 0 Å². The van der Waals surface area contributed by atoms with Gasteiger partial charge in [0.05, 0.1) is 22.4 Å². The van der Waals surface area contributed by atoms with Crippen LogP contribution in [0.3, 0.4) is 0 Å². The SMILES string of the molecule is Cl.Cl.Nc1cnc2c(Cl)cccc2c1. The number of nitrogen functional groups attached to an aromatic ring is 1. The van der Waals surface area contributed by atoms with Gasteiger partial charge in [0.2, 0.25) is 0 Å². The van der Waals surface area contributed by atoms with Gasteiger partial charge in [-0.25, -0.2) is 0 Å². The lowest BCUT2D eigenvalue weighted by atomic mass is 10.2. The Bertz CT molecular complexity index is 431. The monoisotopic (exact) mass is 250 g/mol. The molecule has 0 fully saturated rings. The highest BCUT2D eigenvalue weighted by molar-refractivity contribution is 6.35. The summed E-state index contributed by atoms with van der Waals surface area (Å²) in [6.45, 7) is 0. The molecule has 14 heavy (non-hydrogen) atoms. The number of hydrogen-bond acceptors (Lipinski definition) is 2. The van der Waals surface area contributed by atoms with Crippen molar-refractivity contribution in [3.8, 4) is 0 Å². The highest BCUT2D eigenvalue weighted by atomic mass is 35.5. The molecule has 1 aromatic carbocycles. The molecular formula is C9H9Cl3N2. The number of pyridine rings is 1. The lowest BCUT2D eigenvalue weighted by Crippen LogP contribution is -1.86. The Morgan fingerprint density at radius 2 is 1.93 bits per heavy atom. The Kier molecular flexibility index (Phi) is 4.99. The van der Waals surface area contributed by atoms with Crippen molar-refractivity contribution >= 4 is 53.0 Å². The van der Waals surface area contributed by atoms with Gasteiger partial charge in [-0.05, 0) is 12.1 Å². The van der Waals surface area contributed by atoms with Crippen molar-refractivity contribution in [3.63, 3.8) is 0 Å². The van der Waals surface area contributed by atoms with Crippen LogP contribution in [0.2, 0.25) is 5.02 Å². The van der Waals surface area contributed by atoms with Gasteiger partial charge in [0, 0.05) is 5.39 Å². The zero-order valence-corrected chi connectivity index (χ0v) is 9.49. The number of anilines is 1. The van der Waals surface area contributed by atoms with Crippen LogP contribution >= 0.6 is 36.4 Å². The molecule has 2 nitrogen and oxygen atoms in total. The second kappa shape index (κ2) is 5.25. The largest absolute Gasteiger partial charge is 0.397 e. The molecule has 0 aliphatic carbocycles. The van der Waals surface area contributed by atoms with Gasteiger partial charge < -0.3 is 5.73 Å². The van der Waals surface area contributed by atoms with Crippen LogP contribution in [-0.2, 0) is 0 Å². The third-order valence-electron chi connectivity index (χ3n) is 1.68. The molecule has 0 aliphatic heterocycles. The Labute approximate surface area is 99.3 Å². The summed E-state index contributed by atoms with van der Waals surface area (Å²) in [7, 11) is 0. The molecule has 0 amide bonds. The zero-order valence-electron chi connectivity index (χ0n) is 7.11. The minimum absolute atomic E-state index is 0. The predicted octanol–water partition coefficient (Wildman–Crippen LogP) is 3.31. The first-order chi connectivity index (χ1) is 5.77. The molecule has 0 unspecified atom stereocenters. The number of rotatable bonds is 0. The molecule has 0 bridgehead atoms. The fourth-order valence-electron chi connectivity index (χ4n) is 1.14. The van der Waals surface area contributed by atoms with Gasteiger partial charge in [-0.3, -0.25) is 4.98 Å². The highest BCUT2D eigenvalue weighted by Gasteiger charge is 1.98. The van der Waals surface area contributed by atoms with E-state index in [1.165, 1.54) is 0 Å². The summed E-state index contributed by atoms with van der Waals surface area (Å²) in [5.74, 6) is 0. The minimum atomic E-state index is 0. The van der Waals surface area contributed by atoms with E-state index in [-0.39, 0.29) is 24.8 Å². The Hall–Kier alpha value is -0.700. The molecular weight excluding hydrogens is 242 g/mol. The fraction of sp³-hybridized carbons (Fsp3) is 0. The normalized spacial score (nSPS) is 8.93. The summed E-state index contributed by atoms with van der Waals surface area (Å²) in [5.41, 5.74) is 7.02. The fourth-order valence-corrected chi connectivity index (χ4v) is 1.37. The van der Waals surface area contributed by atoms with Crippen molar-refractivity contribution in [2.24, 2.45) is 0 Å². The van der Waals surface area contributed by atoms with E-state index in [1.54, 1.807) is 6.20 Å².